The van der Waals surface area contributed by atoms with Gasteiger partial charge in [0.15, 0.2) is 4.34 Å². The van der Waals surface area contributed by atoms with Gasteiger partial charge < -0.3 is 10.6 Å². The van der Waals surface area contributed by atoms with Crippen LogP contribution < -0.4 is 16.0 Å². The summed E-state index contributed by atoms with van der Waals surface area (Å²) in [6.45, 7) is 8.11. The molecule has 0 radical (unpaired) electrons. The first-order chi connectivity index (χ1) is 12.7. The lowest BCUT2D eigenvalue weighted by atomic mass is 10.2. The highest BCUT2D eigenvalue weighted by atomic mass is 35.5. The van der Waals surface area contributed by atoms with E-state index < -0.39 is 11.3 Å². The van der Waals surface area contributed by atoms with Crippen molar-refractivity contribution < 1.29 is 9.59 Å². The third-order valence-corrected chi connectivity index (χ3v) is 5.81. The Labute approximate surface area is 171 Å². The van der Waals surface area contributed by atoms with Crippen molar-refractivity contribution in [3.8, 4) is 0 Å². The number of thioether (sulfide) groups is 1. The summed E-state index contributed by atoms with van der Waals surface area (Å²) in [7, 11) is 0. The molecule has 0 fully saturated rings. The maximum Gasteiger partial charge on any atom is 0.321 e. The molecule has 1 unspecified atom stereocenters. The second-order valence-corrected chi connectivity index (χ2v) is 9.29. The fourth-order valence-corrected chi connectivity index (χ4v) is 3.96. The number of anilines is 2. The number of hydrogen-bond donors (Lipinski definition) is 3. The van der Waals surface area contributed by atoms with Gasteiger partial charge in [-0.2, -0.15) is 0 Å². The first-order valence-electron chi connectivity index (χ1n) is 8.36. The molecule has 1 aromatic heterocycles. The molecule has 2 rings (SSSR count). The smallest absolute Gasteiger partial charge is 0.321 e. The molecule has 3 N–H and O–H groups in total. The Morgan fingerprint density at radius 1 is 1.26 bits per heavy atom. The highest BCUT2D eigenvalue weighted by Crippen LogP contribution is 2.31. The monoisotopic (exact) mass is 427 g/mol. The van der Waals surface area contributed by atoms with Crippen molar-refractivity contribution in [1.82, 2.24) is 20.8 Å². The van der Waals surface area contributed by atoms with Gasteiger partial charge in [0, 0.05) is 17.3 Å². The van der Waals surface area contributed by atoms with E-state index in [1.807, 2.05) is 39.0 Å². The summed E-state index contributed by atoms with van der Waals surface area (Å²) in [6, 6.07) is 5.15. The maximum absolute atomic E-state index is 12.1. The van der Waals surface area contributed by atoms with Gasteiger partial charge in [0.1, 0.15) is 0 Å². The van der Waals surface area contributed by atoms with E-state index in [0.717, 1.165) is 11.3 Å². The van der Waals surface area contributed by atoms with Crippen molar-refractivity contribution in [3.63, 3.8) is 0 Å². The number of nitrogens with one attached hydrogen (secondary N) is 3. The van der Waals surface area contributed by atoms with E-state index in [-0.39, 0.29) is 5.91 Å². The Kier molecular flexibility index (Phi) is 7.88. The summed E-state index contributed by atoms with van der Waals surface area (Å²) >= 11 is 8.68. The molecule has 0 saturated heterocycles. The topological polar surface area (TPSA) is 96.0 Å². The summed E-state index contributed by atoms with van der Waals surface area (Å²) in [5, 5.41) is 17.0. The number of amides is 3. The molecule has 1 atom stereocenters. The van der Waals surface area contributed by atoms with Crippen LogP contribution in [0.5, 0.6) is 0 Å². The molecule has 0 aliphatic heterocycles. The van der Waals surface area contributed by atoms with Crippen LogP contribution in [0.15, 0.2) is 22.5 Å². The first-order valence-corrected chi connectivity index (χ1v) is 10.4. The summed E-state index contributed by atoms with van der Waals surface area (Å²) < 4.78 is 0.626. The molecule has 146 valence electrons. The Morgan fingerprint density at radius 3 is 2.67 bits per heavy atom. The number of urea groups is 1. The molecule has 0 bridgehead atoms. The fourth-order valence-electron chi connectivity index (χ4n) is 1.86. The van der Waals surface area contributed by atoms with Crippen LogP contribution in [0.25, 0.3) is 0 Å². The highest BCUT2D eigenvalue weighted by molar-refractivity contribution is 8.02. The molecule has 7 nitrogen and oxygen atoms in total. The number of carbonyl (C=O) groups excluding carboxylic acids is 2. The number of halogens is 1. The maximum atomic E-state index is 12.1. The lowest BCUT2D eigenvalue weighted by Gasteiger charge is -2.11. The minimum Gasteiger partial charge on any atom is -0.338 e. The van der Waals surface area contributed by atoms with Gasteiger partial charge in [-0.3, -0.25) is 10.1 Å². The fraction of sp³-hybridized carbons (Fsp3) is 0.412. The van der Waals surface area contributed by atoms with Crippen molar-refractivity contribution in [2.75, 3.05) is 11.9 Å². The molecule has 10 heteroatoms. The van der Waals surface area contributed by atoms with Gasteiger partial charge in [0.2, 0.25) is 11.0 Å². The van der Waals surface area contributed by atoms with E-state index >= 15 is 0 Å². The molecule has 0 saturated carbocycles. The summed E-state index contributed by atoms with van der Waals surface area (Å²) in [5.41, 5.74) is 1.80. The highest BCUT2D eigenvalue weighted by Gasteiger charge is 2.19. The largest absolute Gasteiger partial charge is 0.338 e. The van der Waals surface area contributed by atoms with Crippen LogP contribution in [0, 0.1) is 12.8 Å². The van der Waals surface area contributed by atoms with E-state index in [1.54, 1.807) is 6.92 Å². The molecule has 0 aliphatic carbocycles. The number of imide groups is 1. The van der Waals surface area contributed by atoms with Gasteiger partial charge in [0.25, 0.3) is 0 Å². The number of benzene rings is 1. The molecular weight excluding hydrogens is 406 g/mol. The molecule has 2 aromatic rings. The predicted octanol–water partition coefficient (Wildman–Crippen LogP) is 4.21. The van der Waals surface area contributed by atoms with Gasteiger partial charge in [0.05, 0.1) is 5.25 Å². The third kappa shape index (κ3) is 7.00. The average Bonchev–Trinajstić information content (AvgIpc) is 3.03. The van der Waals surface area contributed by atoms with Gasteiger partial charge in [-0.1, -0.05) is 54.6 Å². The second kappa shape index (κ2) is 9.91. The minimum absolute atomic E-state index is 0.313. The van der Waals surface area contributed by atoms with Gasteiger partial charge >= 0.3 is 6.03 Å². The lowest BCUT2D eigenvalue weighted by Crippen LogP contribution is -2.43. The zero-order valence-corrected chi connectivity index (χ0v) is 17.9. The van der Waals surface area contributed by atoms with Crippen LogP contribution in [0.2, 0.25) is 5.02 Å². The summed E-state index contributed by atoms with van der Waals surface area (Å²) in [4.78, 5) is 23.8. The number of aromatic nitrogens is 2. The second-order valence-electron chi connectivity index (χ2n) is 6.32. The standard InChI is InChI=1S/C17H22ClN5O2S2/c1-9(2)8-19-15(25)21-14(24)11(4)26-17-23-22-16(27-17)20-12-6-5-10(3)13(18)7-12/h5-7,9,11H,8H2,1-4H3,(H,20,22)(H2,19,21,24,25). The van der Waals surface area contributed by atoms with Crippen molar-refractivity contribution in [3.05, 3.63) is 28.8 Å². The number of rotatable bonds is 7. The molecule has 3 amide bonds. The predicted molar refractivity (Wildman–Crippen MR) is 111 cm³/mol. The molecule has 27 heavy (non-hydrogen) atoms. The van der Waals surface area contributed by atoms with E-state index in [0.29, 0.717) is 27.0 Å². The Hall–Kier alpha value is -1.84. The SMILES string of the molecule is Cc1ccc(Nc2nnc(SC(C)C(=O)NC(=O)NCC(C)C)s2)cc1Cl. The molecule has 0 aliphatic rings. The van der Waals surface area contributed by atoms with Crippen LogP contribution in [-0.4, -0.2) is 33.9 Å². The zero-order valence-electron chi connectivity index (χ0n) is 15.5. The normalized spacial score (nSPS) is 11.9. The van der Waals surface area contributed by atoms with Gasteiger partial charge in [-0.25, -0.2) is 4.79 Å². The van der Waals surface area contributed by atoms with E-state index in [2.05, 4.69) is 26.1 Å². The van der Waals surface area contributed by atoms with Crippen LogP contribution in [-0.2, 0) is 4.79 Å². The van der Waals surface area contributed by atoms with Crippen LogP contribution in [0.4, 0.5) is 15.6 Å². The number of carbonyl (C=O) groups is 2. The summed E-state index contributed by atoms with van der Waals surface area (Å²) in [5.74, 6) is -0.0651. The number of hydrogen-bond acceptors (Lipinski definition) is 7. The Balaban J connectivity index is 1.87. The van der Waals surface area contributed by atoms with Gasteiger partial charge in [-0.05, 0) is 37.5 Å². The van der Waals surface area contributed by atoms with Crippen LogP contribution in [0.3, 0.4) is 0 Å². The molecule has 1 heterocycles. The minimum atomic E-state index is -0.489. The van der Waals surface area contributed by atoms with Crippen LogP contribution in [0.1, 0.15) is 26.3 Å². The Bertz CT molecular complexity index is 812. The lowest BCUT2D eigenvalue weighted by molar-refractivity contribution is -0.119. The Morgan fingerprint density at radius 2 is 2.00 bits per heavy atom. The van der Waals surface area contributed by atoms with Gasteiger partial charge in [-0.15, -0.1) is 10.2 Å². The third-order valence-electron chi connectivity index (χ3n) is 3.38. The van der Waals surface area contributed by atoms with Crippen molar-refractivity contribution >= 4 is 57.5 Å². The summed E-state index contributed by atoms with van der Waals surface area (Å²) in [6.07, 6.45) is 0. The number of aryl methyl sites for hydroxylation is 1. The van der Waals surface area contributed by atoms with Crippen LogP contribution >= 0.6 is 34.7 Å². The van der Waals surface area contributed by atoms with Crippen molar-refractivity contribution in [2.24, 2.45) is 5.92 Å². The molecular formula is C17H22ClN5O2S2. The zero-order chi connectivity index (χ0) is 20.0. The number of nitrogens with zero attached hydrogens (tertiary/aromatic N) is 2. The van der Waals surface area contributed by atoms with E-state index in [1.165, 1.54) is 23.1 Å². The van der Waals surface area contributed by atoms with E-state index in [9.17, 15) is 9.59 Å². The first kappa shape index (κ1) is 21.5. The molecule has 0 spiro atoms. The molecule has 1 aromatic carbocycles. The van der Waals surface area contributed by atoms with E-state index in [4.69, 9.17) is 11.6 Å². The average molecular weight is 428 g/mol. The van der Waals surface area contributed by atoms with Crippen molar-refractivity contribution in [1.29, 1.82) is 0 Å². The van der Waals surface area contributed by atoms with Crippen molar-refractivity contribution in [2.45, 2.75) is 37.3 Å². The quantitative estimate of drug-likeness (QED) is 0.573.